The fraction of sp³-hybridized carbons (Fsp3) is 0.250. The molecule has 0 aromatic heterocycles. The van der Waals surface area contributed by atoms with Crippen LogP contribution >= 0.6 is 0 Å². The van der Waals surface area contributed by atoms with Gasteiger partial charge in [0.25, 0.3) is 0 Å². The minimum absolute atomic E-state index is 0.371. The predicted octanol–water partition coefficient (Wildman–Crippen LogP) is 3.03. The number of hydrogen-bond donors (Lipinski definition) is 1. The van der Waals surface area contributed by atoms with Gasteiger partial charge in [-0.05, 0) is 12.0 Å². The summed E-state index contributed by atoms with van der Waals surface area (Å²) in [5.41, 5.74) is 4.02. The van der Waals surface area contributed by atoms with Gasteiger partial charge >= 0.3 is 0 Å². The van der Waals surface area contributed by atoms with Crippen LogP contribution in [0.5, 0.6) is 0 Å². The molecule has 1 nitrogen and oxygen atoms in total. The molecule has 0 radical (unpaired) electrons. The molecule has 1 rings (SSSR count). The molecular weight excluding hydrogens is 158 g/mol. The van der Waals surface area contributed by atoms with Gasteiger partial charge in [0.05, 0.1) is 6.04 Å². The van der Waals surface area contributed by atoms with Gasteiger partial charge in [-0.25, -0.2) is 0 Å². The largest absolute Gasteiger partial charge is 0.378 e. The maximum Gasteiger partial charge on any atom is 0.0511 e. The molecule has 1 N–H and O–H groups in total. The van der Waals surface area contributed by atoms with E-state index >= 15 is 0 Å². The first kappa shape index (κ1) is 9.63. The molecule has 0 aliphatic carbocycles. The summed E-state index contributed by atoms with van der Waals surface area (Å²) in [6.07, 6.45) is 2.82. The Labute approximate surface area is 79.8 Å². The van der Waals surface area contributed by atoms with Crippen molar-refractivity contribution in [2.75, 3.05) is 0 Å². The van der Waals surface area contributed by atoms with Crippen LogP contribution in [-0.2, 0) is 0 Å². The third kappa shape index (κ3) is 2.81. The molecule has 0 saturated heterocycles. The van der Waals surface area contributed by atoms with Gasteiger partial charge in [-0.2, -0.15) is 0 Å². The molecule has 0 spiro atoms. The Morgan fingerprint density at radius 3 is 2.69 bits per heavy atom. The van der Waals surface area contributed by atoms with Crippen LogP contribution in [0.4, 0.5) is 0 Å². The van der Waals surface area contributed by atoms with E-state index in [1.165, 1.54) is 5.56 Å². The second-order valence-electron chi connectivity index (χ2n) is 2.89. The Kier molecular flexibility index (Phi) is 3.87. The molecule has 0 aliphatic heterocycles. The van der Waals surface area contributed by atoms with Gasteiger partial charge in [-0.3, -0.25) is 0 Å². The molecule has 0 bridgehead atoms. The molecule has 0 heterocycles. The normalized spacial score (nSPS) is 11.5. The van der Waals surface area contributed by atoms with Crippen molar-refractivity contribution in [3.8, 4) is 0 Å². The Bertz CT molecular complexity index is 283. The molecule has 0 amide bonds. The molecule has 1 unspecified atom stereocenters. The molecule has 1 aromatic carbocycles. The summed E-state index contributed by atoms with van der Waals surface area (Å²) < 4.78 is 0. The smallest absolute Gasteiger partial charge is 0.0511 e. The maximum atomic E-state index is 3.52. The standard InChI is InChI=1S/C12H15N/c1-3-10-13-12(4-2)11-8-6-5-7-9-11/h5-10,12-13H,1,4H2,2H3. The summed E-state index contributed by atoms with van der Waals surface area (Å²) in [6, 6.07) is 10.8. The number of benzene rings is 1. The van der Waals surface area contributed by atoms with E-state index in [9.17, 15) is 0 Å². The molecule has 1 heteroatoms. The second-order valence-corrected chi connectivity index (χ2v) is 2.89. The molecule has 0 saturated carbocycles. The van der Waals surface area contributed by atoms with E-state index in [1.54, 1.807) is 6.20 Å². The Morgan fingerprint density at radius 1 is 1.46 bits per heavy atom. The first-order valence-electron chi connectivity index (χ1n) is 4.53. The zero-order chi connectivity index (χ0) is 9.52. The van der Waals surface area contributed by atoms with Crippen LogP contribution in [0, 0.1) is 0 Å². The van der Waals surface area contributed by atoms with Crippen LogP contribution in [0.25, 0.3) is 0 Å². The van der Waals surface area contributed by atoms with Crippen molar-refractivity contribution < 1.29 is 0 Å². The van der Waals surface area contributed by atoms with E-state index in [2.05, 4.69) is 48.8 Å². The van der Waals surface area contributed by atoms with Gasteiger partial charge in [0.2, 0.25) is 0 Å². The minimum Gasteiger partial charge on any atom is -0.378 e. The fourth-order valence-electron chi connectivity index (χ4n) is 1.29. The van der Waals surface area contributed by atoms with E-state index in [0.717, 1.165) is 6.42 Å². The second kappa shape index (κ2) is 5.23. The summed E-state index contributed by atoms with van der Waals surface area (Å²) in [4.78, 5) is 0. The lowest BCUT2D eigenvalue weighted by Crippen LogP contribution is -2.13. The quantitative estimate of drug-likeness (QED) is 0.690. The lowest BCUT2D eigenvalue weighted by molar-refractivity contribution is 0.603. The van der Waals surface area contributed by atoms with Crippen molar-refractivity contribution in [1.82, 2.24) is 5.32 Å². The Hall–Kier alpha value is -1.46. The highest BCUT2D eigenvalue weighted by molar-refractivity contribution is 5.19. The third-order valence-corrected chi connectivity index (χ3v) is 2.00. The summed E-state index contributed by atoms with van der Waals surface area (Å²) in [6.45, 7) is 5.67. The molecule has 13 heavy (non-hydrogen) atoms. The fourth-order valence-corrected chi connectivity index (χ4v) is 1.29. The van der Waals surface area contributed by atoms with Gasteiger partial charge in [-0.15, -0.1) is 5.73 Å². The van der Waals surface area contributed by atoms with E-state index < -0.39 is 0 Å². The lowest BCUT2D eigenvalue weighted by Gasteiger charge is -2.14. The average molecular weight is 173 g/mol. The molecule has 1 atom stereocenters. The molecule has 0 aliphatic rings. The summed E-state index contributed by atoms with van der Waals surface area (Å²) in [5, 5.41) is 3.24. The van der Waals surface area contributed by atoms with Crippen LogP contribution < -0.4 is 5.32 Å². The van der Waals surface area contributed by atoms with Crippen molar-refractivity contribution in [3.63, 3.8) is 0 Å². The first-order valence-corrected chi connectivity index (χ1v) is 4.53. The first-order chi connectivity index (χ1) is 6.38. The molecule has 0 fully saturated rings. The van der Waals surface area contributed by atoms with Crippen molar-refractivity contribution in [2.45, 2.75) is 19.4 Å². The van der Waals surface area contributed by atoms with Gasteiger partial charge in [0.1, 0.15) is 0 Å². The molecular formula is C12H15N. The topological polar surface area (TPSA) is 12.0 Å². The van der Waals surface area contributed by atoms with Crippen molar-refractivity contribution in [1.29, 1.82) is 0 Å². The Balaban J connectivity index is 2.72. The van der Waals surface area contributed by atoms with Crippen LogP contribution in [0.3, 0.4) is 0 Å². The Morgan fingerprint density at radius 2 is 2.15 bits per heavy atom. The number of rotatable bonds is 4. The monoisotopic (exact) mass is 173 g/mol. The van der Waals surface area contributed by atoms with Gasteiger partial charge in [-0.1, -0.05) is 43.8 Å². The number of nitrogens with one attached hydrogen (secondary N) is 1. The highest BCUT2D eigenvalue weighted by Crippen LogP contribution is 2.15. The van der Waals surface area contributed by atoms with Crippen LogP contribution in [0.1, 0.15) is 24.9 Å². The van der Waals surface area contributed by atoms with Crippen LogP contribution in [0.2, 0.25) is 0 Å². The van der Waals surface area contributed by atoms with Crippen molar-refractivity contribution in [2.24, 2.45) is 0 Å². The zero-order valence-electron chi connectivity index (χ0n) is 7.96. The number of hydrogen-bond acceptors (Lipinski definition) is 1. The minimum atomic E-state index is 0.371. The highest BCUT2D eigenvalue weighted by Gasteiger charge is 2.04. The summed E-state index contributed by atoms with van der Waals surface area (Å²) in [5.74, 6) is 0. The zero-order valence-corrected chi connectivity index (χ0v) is 7.96. The van der Waals surface area contributed by atoms with Crippen LogP contribution in [-0.4, -0.2) is 0 Å². The van der Waals surface area contributed by atoms with Crippen molar-refractivity contribution in [3.05, 3.63) is 54.4 Å². The third-order valence-electron chi connectivity index (χ3n) is 2.00. The van der Waals surface area contributed by atoms with E-state index in [1.807, 2.05) is 6.07 Å². The predicted molar refractivity (Wildman–Crippen MR) is 56.3 cm³/mol. The average Bonchev–Trinajstić information content (AvgIpc) is 2.21. The highest BCUT2D eigenvalue weighted by atomic mass is 14.9. The van der Waals surface area contributed by atoms with Gasteiger partial charge in [0.15, 0.2) is 0 Å². The molecule has 1 aromatic rings. The lowest BCUT2D eigenvalue weighted by atomic mass is 10.1. The van der Waals surface area contributed by atoms with Crippen molar-refractivity contribution >= 4 is 0 Å². The van der Waals surface area contributed by atoms with Crippen LogP contribution in [0.15, 0.2) is 48.8 Å². The van der Waals surface area contributed by atoms with Gasteiger partial charge in [0, 0.05) is 6.20 Å². The summed E-state index contributed by atoms with van der Waals surface area (Å²) >= 11 is 0. The SMILES string of the molecule is C=C=CNC(CC)c1ccccc1. The van der Waals surface area contributed by atoms with E-state index in [4.69, 9.17) is 0 Å². The summed E-state index contributed by atoms with van der Waals surface area (Å²) in [7, 11) is 0. The molecule has 68 valence electrons. The van der Waals surface area contributed by atoms with Gasteiger partial charge < -0.3 is 5.32 Å². The van der Waals surface area contributed by atoms with E-state index in [0.29, 0.717) is 6.04 Å². The maximum absolute atomic E-state index is 3.52. The van der Waals surface area contributed by atoms with E-state index in [-0.39, 0.29) is 0 Å².